The minimum absolute atomic E-state index is 0.353. The van der Waals surface area contributed by atoms with Gasteiger partial charge in [0.05, 0.1) is 0 Å². The van der Waals surface area contributed by atoms with Crippen LogP contribution >= 0.6 is 0 Å². The fourth-order valence-corrected chi connectivity index (χ4v) is 3.59. The summed E-state index contributed by atoms with van der Waals surface area (Å²) in [7, 11) is 0. The Bertz CT molecular complexity index is 293. The molecule has 17 heavy (non-hydrogen) atoms. The van der Waals surface area contributed by atoms with Crippen LogP contribution in [0.3, 0.4) is 0 Å². The zero-order chi connectivity index (χ0) is 12.1. The van der Waals surface area contributed by atoms with Crippen molar-refractivity contribution in [1.29, 1.82) is 0 Å². The first kappa shape index (κ1) is 12.0. The van der Waals surface area contributed by atoms with Gasteiger partial charge >= 0.3 is 0 Å². The Morgan fingerprint density at radius 1 is 1.29 bits per heavy atom. The van der Waals surface area contributed by atoms with E-state index in [0.29, 0.717) is 5.54 Å². The maximum Gasteiger partial charge on any atom is 0.0278 e. The monoisotopic (exact) mass is 236 g/mol. The Kier molecular flexibility index (Phi) is 2.79. The first-order chi connectivity index (χ1) is 8.07. The molecule has 2 atom stereocenters. The van der Waals surface area contributed by atoms with Crippen molar-refractivity contribution in [2.45, 2.75) is 64.5 Å². The topological polar surface area (TPSA) is 15.3 Å². The fourth-order valence-electron chi connectivity index (χ4n) is 3.59. The zero-order valence-corrected chi connectivity index (χ0v) is 11.8. The first-order valence-corrected chi connectivity index (χ1v) is 7.56. The lowest BCUT2D eigenvalue weighted by Crippen LogP contribution is -2.62. The third-order valence-corrected chi connectivity index (χ3v) is 5.63. The smallest absolute Gasteiger partial charge is 0.0278 e. The number of hydrogen-bond donors (Lipinski definition) is 1. The van der Waals surface area contributed by atoms with Gasteiger partial charge in [-0.3, -0.25) is 4.90 Å². The molecule has 0 spiro atoms. The van der Waals surface area contributed by atoms with Gasteiger partial charge in [0.1, 0.15) is 0 Å². The molecule has 2 aliphatic carbocycles. The highest BCUT2D eigenvalue weighted by Crippen LogP contribution is 2.61. The molecule has 98 valence electrons. The van der Waals surface area contributed by atoms with Crippen LogP contribution in [-0.2, 0) is 0 Å². The Morgan fingerprint density at radius 2 is 2.00 bits per heavy atom. The SMILES string of the molecule is CCC1(C)CN(CC2(C3CC3)CC2)C(C)CN1. The van der Waals surface area contributed by atoms with E-state index in [-0.39, 0.29) is 0 Å². The lowest BCUT2D eigenvalue weighted by molar-refractivity contribution is 0.0688. The standard InChI is InChI=1S/C15H28N2/c1-4-14(3)10-17(12(2)9-16-14)11-15(7-8-15)13-5-6-13/h12-13,16H,4-11H2,1-3H3. The number of nitrogens with zero attached hydrogens (tertiary/aromatic N) is 1. The molecular formula is C15H28N2. The summed E-state index contributed by atoms with van der Waals surface area (Å²) in [5, 5.41) is 3.73. The highest BCUT2D eigenvalue weighted by molar-refractivity contribution is 5.07. The molecule has 3 aliphatic rings. The van der Waals surface area contributed by atoms with Crippen molar-refractivity contribution in [2.75, 3.05) is 19.6 Å². The normalized spacial score (nSPS) is 41.5. The molecule has 2 saturated carbocycles. The van der Waals surface area contributed by atoms with Gasteiger partial charge < -0.3 is 5.32 Å². The second-order valence-corrected chi connectivity index (χ2v) is 7.19. The van der Waals surface area contributed by atoms with E-state index in [2.05, 4.69) is 31.0 Å². The molecule has 2 heteroatoms. The third kappa shape index (κ3) is 2.26. The quantitative estimate of drug-likeness (QED) is 0.807. The van der Waals surface area contributed by atoms with Crippen LogP contribution in [-0.4, -0.2) is 36.1 Å². The predicted molar refractivity (Wildman–Crippen MR) is 72.1 cm³/mol. The van der Waals surface area contributed by atoms with Gasteiger partial charge in [-0.15, -0.1) is 0 Å². The molecule has 0 radical (unpaired) electrons. The van der Waals surface area contributed by atoms with Crippen molar-refractivity contribution in [2.24, 2.45) is 11.3 Å². The minimum atomic E-state index is 0.353. The number of piperazine rings is 1. The molecule has 0 aromatic carbocycles. The molecule has 0 bridgehead atoms. The van der Waals surface area contributed by atoms with E-state index in [1.807, 2.05) is 0 Å². The second kappa shape index (κ2) is 3.96. The van der Waals surface area contributed by atoms with Crippen molar-refractivity contribution in [3.05, 3.63) is 0 Å². The van der Waals surface area contributed by atoms with E-state index in [4.69, 9.17) is 0 Å². The van der Waals surface area contributed by atoms with E-state index >= 15 is 0 Å². The van der Waals surface area contributed by atoms with E-state index in [9.17, 15) is 0 Å². The second-order valence-electron chi connectivity index (χ2n) is 7.19. The van der Waals surface area contributed by atoms with Crippen LogP contribution in [0, 0.1) is 11.3 Å². The van der Waals surface area contributed by atoms with Crippen LogP contribution in [0.25, 0.3) is 0 Å². The van der Waals surface area contributed by atoms with Gasteiger partial charge in [-0.2, -0.15) is 0 Å². The maximum atomic E-state index is 3.73. The summed E-state index contributed by atoms with van der Waals surface area (Å²) >= 11 is 0. The third-order valence-electron chi connectivity index (χ3n) is 5.63. The van der Waals surface area contributed by atoms with Crippen LogP contribution in [0.1, 0.15) is 52.9 Å². The summed E-state index contributed by atoms with van der Waals surface area (Å²) in [5.41, 5.74) is 1.12. The van der Waals surface area contributed by atoms with Gasteiger partial charge in [0.15, 0.2) is 0 Å². The van der Waals surface area contributed by atoms with Crippen molar-refractivity contribution in [3.63, 3.8) is 0 Å². The van der Waals surface area contributed by atoms with Crippen LogP contribution in [0.15, 0.2) is 0 Å². The van der Waals surface area contributed by atoms with Gasteiger partial charge in [0.2, 0.25) is 0 Å². The van der Waals surface area contributed by atoms with E-state index < -0.39 is 0 Å². The fraction of sp³-hybridized carbons (Fsp3) is 1.00. The van der Waals surface area contributed by atoms with Crippen molar-refractivity contribution >= 4 is 0 Å². The largest absolute Gasteiger partial charge is 0.309 e. The Morgan fingerprint density at radius 3 is 2.53 bits per heavy atom. The average molecular weight is 236 g/mol. The van der Waals surface area contributed by atoms with Crippen molar-refractivity contribution < 1.29 is 0 Å². The summed E-state index contributed by atoms with van der Waals surface area (Å²) in [5.74, 6) is 1.09. The zero-order valence-electron chi connectivity index (χ0n) is 11.8. The van der Waals surface area contributed by atoms with E-state index in [1.54, 1.807) is 0 Å². The van der Waals surface area contributed by atoms with Gasteiger partial charge in [-0.05, 0) is 57.3 Å². The highest BCUT2D eigenvalue weighted by atomic mass is 15.3. The average Bonchev–Trinajstić information content (AvgIpc) is 3.14. The molecule has 0 aromatic heterocycles. The summed E-state index contributed by atoms with van der Waals surface area (Å²) in [6.07, 6.45) is 7.30. The lowest BCUT2D eigenvalue weighted by Gasteiger charge is -2.46. The van der Waals surface area contributed by atoms with Gasteiger partial charge in [-0.1, -0.05) is 6.92 Å². The molecule has 1 heterocycles. The van der Waals surface area contributed by atoms with Gasteiger partial charge in [-0.25, -0.2) is 0 Å². The number of nitrogens with one attached hydrogen (secondary N) is 1. The van der Waals surface area contributed by atoms with Crippen LogP contribution in [0.5, 0.6) is 0 Å². The summed E-state index contributed by atoms with van der Waals surface area (Å²) in [4.78, 5) is 2.78. The summed E-state index contributed by atoms with van der Waals surface area (Å²) in [6, 6.07) is 0.728. The Hall–Kier alpha value is -0.0800. The number of rotatable bonds is 4. The maximum absolute atomic E-state index is 3.73. The Labute approximate surface area is 106 Å². The molecule has 1 N–H and O–H groups in total. The highest BCUT2D eigenvalue weighted by Gasteiger charge is 2.55. The van der Waals surface area contributed by atoms with Crippen molar-refractivity contribution in [3.8, 4) is 0 Å². The summed E-state index contributed by atoms with van der Waals surface area (Å²) in [6.45, 7) is 10.9. The van der Waals surface area contributed by atoms with Crippen molar-refractivity contribution in [1.82, 2.24) is 10.2 Å². The van der Waals surface area contributed by atoms with Crippen LogP contribution in [0.2, 0.25) is 0 Å². The van der Waals surface area contributed by atoms with E-state index in [0.717, 1.165) is 17.4 Å². The molecule has 0 aromatic rings. The molecule has 0 amide bonds. The molecule has 3 fully saturated rings. The first-order valence-electron chi connectivity index (χ1n) is 7.56. The predicted octanol–water partition coefficient (Wildman–Crippen LogP) is 2.64. The minimum Gasteiger partial charge on any atom is -0.309 e. The van der Waals surface area contributed by atoms with Crippen LogP contribution < -0.4 is 5.32 Å². The van der Waals surface area contributed by atoms with E-state index in [1.165, 1.54) is 51.7 Å². The molecule has 3 rings (SSSR count). The summed E-state index contributed by atoms with van der Waals surface area (Å²) < 4.78 is 0. The molecule has 2 unspecified atom stereocenters. The van der Waals surface area contributed by atoms with Crippen LogP contribution in [0.4, 0.5) is 0 Å². The Balaban J connectivity index is 1.64. The molecule has 1 aliphatic heterocycles. The number of hydrogen-bond acceptors (Lipinski definition) is 2. The molecule has 2 nitrogen and oxygen atoms in total. The van der Waals surface area contributed by atoms with Gasteiger partial charge in [0.25, 0.3) is 0 Å². The molecule has 1 saturated heterocycles. The molecular weight excluding hydrogens is 208 g/mol. The lowest BCUT2D eigenvalue weighted by atomic mass is 9.91. The van der Waals surface area contributed by atoms with Gasteiger partial charge in [0, 0.05) is 31.2 Å².